The Morgan fingerprint density at radius 2 is 2.06 bits per heavy atom. The lowest BCUT2D eigenvalue weighted by Gasteiger charge is -2.43. The maximum Gasteiger partial charge on any atom is 0.0879 e. The number of para-hydroxylation sites is 1. The molecule has 3 heteroatoms. The molecule has 88 valence electrons. The Morgan fingerprint density at radius 1 is 1.38 bits per heavy atom. The van der Waals surface area contributed by atoms with Crippen molar-refractivity contribution >= 4 is 5.69 Å². The fourth-order valence-electron chi connectivity index (χ4n) is 2.25. The highest BCUT2D eigenvalue weighted by Gasteiger charge is 2.32. The second kappa shape index (κ2) is 4.44. The van der Waals surface area contributed by atoms with Gasteiger partial charge in [0.1, 0.15) is 0 Å². The molecule has 1 unspecified atom stereocenters. The molecule has 0 amide bonds. The van der Waals surface area contributed by atoms with E-state index in [0.29, 0.717) is 6.54 Å². The van der Waals surface area contributed by atoms with Crippen molar-refractivity contribution < 1.29 is 4.74 Å². The van der Waals surface area contributed by atoms with Gasteiger partial charge in [-0.1, -0.05) is 18.2 Å². The summed E-state index contributed by atoms with van der Waals surface area (Å²) in [7, 11) is 0. The summed E-state index contributed by atoms with van der Waals surface area (Å²) in [6.45, 7) is 6.60. The van der Waals surface area contributed by atoms with E-state index >= 15 is 0 Å². The molecule has 0 bridgehead atoms. The van der Waals surface area contributed by atoms with Gasteiger partial charge in [-0.15, -0.1) is 0 Å². The van der Waals surface area contributed by atoms with E-state index in [1.807, 2.05) is 6.07 Å². The average Bonchev–Trinajstić information content (AvgIpc) is 2.28. The lowest BCUT2D eigenvalue weighted by atomic mass is 10.0. The number of nitrogens with zero attached hydrogens (tertiary/aromatic N) is 1. The first-order valence-electron chi connectivity index (χ1n) is 5.78. The smallest absolute Gasteiger partial charge is 0.0879 e. The standard InChI is InChI=1S/C13H20N2O/c1-13(2)10-15(9-12(8-14)16-13)11-6-4-3-5-7-11/h3-7,12H,8-10,14H2,1-2H3. The molecule has 1 aromatic rings. The van der Waals surface area contributed by atoms with Gasteiger partial charge in [0.15, 0.2) is 0 Å². The first-order chi connectivity index (χ1) is 7.61. The fraction of sp³-hybridized carbons (Fsp3) is 0.538. The van der Waals surface area contributed by atoms with Crippen LogP contribution in [0.2, 0.25) is 0 Å². The topological polar surface area (TPSA) is 38.5 Å². The number of rotatable bonds is 2. The van der Waals surface area contributed by atoms with Gasteiger partial charge >= 0.3 is 0 Å². The predicted octanol–water partition coefficient (Wildman–Crippen LogP) is 1.63. The van der Waals surface area contributed by atoms with Crippen LogP contribution < -0.4 is 10.6 Å². The Hall–Kier alpha value is -1.06. The van der Waals surface area contributed by atoms with Gasteiger partial charge in [0.05, 0.1) is 11.7 Å². The second-order valence-electron chi connectivity index (χ2n) is 4.95. The van der Waals surface area contributed by atoms with E-state index in [1.54, 1.807) is 0 Å². The van der Waals surface area contributed by atoms with Crippen LogP contribution in [0.1, 0.15) is 13.8 Å². The lowest BCUT2D eigenvalue weighted by Crippen LogP contribution is -2.54. The van der Waals surface area contributed by atoms with Crippen molar-refractivity contribution in [2.24, 2.45) is 5.73 Å². The van der Waals surface area contributed by atoms with E-state index < -0.39 is 0 Å². The molecule has 2 N–H and O–H groups in total. The van der Waals surface area contributed by atoms with Crippen LogP contribution in [0.3, 0.4) is 0 Å². The van der Waals surface area contributed by atoms with Crippen LogP contribution in [0, 0.1) is 0 Å². The molecule has 16 heavy (non-hydrogen) atoms. The van der Waals surface area contributed by atoms with E-state index in [0.717, 1.165) is 13.1 Å². The van der Waals surface area contributed by atoms with Gasteiger partial charge in [-0.25, -0.2) is 0 Å². The SMILES string of the molecule is CC1(C)CN(c2ccccc2)CC(CN)O1. The average molecular weight is 220 g/mol. The molecule has 1 aliphatic heterocycles. The molecule has 1 atom stereocenters. The van der Waals surface area contributed by atoms with Crippen LogP contribution in [0.25, 0.3) is 0 Å². The number of nitrogens with two attached hydrogens (primary N) is 1. The van der Waals surface area contributed by atoms with Crippen LogP contribution in [0.4, 0.5) is 5.69 Å². The molecule has 0 spiro atoms. The van der Waals surface area contributed by atoms with Gasteiger partial charge in [-0.2, -0.15) is 0 Å². The third kappa shape index (κ3) is 2.54. The number of morpholine rings is 1. The first kappa shape index (κ1) is 11.4. The van der Waals surface area contributed by atoms with Crippen LogP contribution in [-0.2, 0) is 4.74 Å². The van der Waals surface area contributed by atoms with Crippen LogP contribution in [-0.4, -0.2) is 31.3 Å². The molecule has 2 rings (SSSR count). The Labute approximate surface area is 97.2 Å². The minimum atomic E-state index is -0.127. The molecular weight excluding hydrogens is 200 g/mol. The number of hydrogen-bond acceptors (Lipinski definition) is 3. The highest BCUT2D eigenvalue weighted by molar-refractivity contribution is 5.47. The normalized spacial score (nSPS) is 24.4. The summed E-state index contributed by atoms with van der Waals surface area (Å²) in [5.41, 5.74) is 6.83. The van der Waals surface area contributed by atoms with E-state index in [9.17, 15) is 0 Å². The lowest BCUT2D eigenvalue weighted by molar-refractivity contribution is -0.0788. The van der Waals surface area contributed by atoms with Gasteiger partial charge in [0, 0.05) is 25.3 Å². The van der Waals surface area contributed by atoms with Crippen molar-refractivity contribution in [1.29, 1.82) is 0 Å². The molecular formula is C13H20N2O. The zero-order chi connectivity index (χ0) is 11.6. The van der Waals surface area contributed by atoms with Gasteiger partial charge in [0.2, 0.25) is 0 Å². The van der Waals surface area contributed by atoms with Crippen molar-refractivity contribution in [3.63, 3.8) is 0 Å². The van der Waals surface area contributed by atoms with Gasteiger partial charge < -0.3 is 15.4 Å². The Morgan fingerprint density at radius 3 is 2.69 bits per heavy atom. The maximum absolute atomic E-state index is 5.91. The molecule has 1 aliphatic rings. The van der Waals surface area contributed by atoms with E-state index in [4.69, 9.17) is 10.5 Å². The quantitative estimate of drug-likeness (QED) is 0.823. The van der Waals surface area contributed by atoms with Crippen molar-refractivity contribution in [2.75, 3.05) is 24.5 Å². The monoisotopic (exact) mass is 220 g/mol. The molecule has 0 saturated carbocycles. The summed E-state index contributed by atoms with van der Waals surface area (Å²) < 4.78 is 5.91. The molecule has 1 fully saturated rings. The predicted molar refractivity (Wildman–Crippen MR) is 66.7 cm³/mol. The molecule has 3 nitrogen and oxygen atoms in total. The molecule has 1 saturated heterocycles. The zero-order valence-electron chi connectivity index (χ0n) is 10.0. The highest BCUT2D eigenvalue weighted by Crippen LogP contribution is 2.25. The summed E-state index contributed by atoms with van der Waals surface area (Å²) in [4.78, 5) is 2.35. The van der Waals surface area contributed by atoms with Gasteiger partial charge in [-0.3, -0.25) is 0 Å². The van der Waals surface area contributed by atoms with E-state index in [-0.39, 0.29) is 11.7 Å². The van der Waals surface area contributed by atoms with Gasteiger partial charge in [0.25, 0.3) is 0 Å². The summed E-state index contributed by atoms with van der Waals surface area (Å²) in [6.07, 6.45) is 0.129. The van der Waals surface area contributed by atoms with E-state index in [2.05, 4.69) is 43.0 Å². The minimum Gasteiger partial charge on any atom is -0.367 e. The van der Waals surface area contributed by atoms with Crippen LogP contribution >= 0.6 is 0 Å². The fourth-order valence-corrected chi connectivity index (χ4v) is 2.25. The Balaban J connectivity index is 2.16. The molecule has 0 aliphatic carbocycles. The zero-order valence-corrected chi connectivity index (χ0v) is 10.0. The van der Waals surface area contributed by atoms with Crippen molar-refractivity contribution in [3.8, 4) is 0 Å². The Kier molecular flexibility index (Phi) is 3.17. The molecule has 0 aromatic heterocycles. The minimum absolute atomic E-state index is 0.127. The molecule has 1 aromatic carbocycles. The summed E-state index contributed by atoms with van der Waals surface area (Å²) in [6, 6.07) is 10.4. The number of hydrogen-bond donors (Lipinski definition) is 1. The van der Waals surface area contributed by atoms with Crippen LogP contribution in [0.5, 0.6) is 0 Å². The second-order valence-corrected chi connectivity index (χ2v) is 4.95. The van der Waals surface area contributed by atoms with Crippen molar-refractivity contribution in [3.05, 3.63) is 30.3 Å². The third-order valence-corrected chi connectivity index (χ3v) is 2.87. The maximum atomic E-state index is 5.91. The third-order valence-electron chi connectivity index (χ3n) is 2.87. The number of ether oxygens (including phenoxy) is 1. The Bertz CT molecular complexity index is 337. The number of anilines is 1. The van der Waals surface area contributed by atoms with Gasteiger partial charge in [-0.05, 0) is 26.0 Å². The van der Waals surface area contributed by atoms with Crippen LogP contribution in [0.15, 0.2) is 30.3 Å². The van der Waals surface area contributed by atoms with E-state index in [1.165, 1.54) is 5.69 Å². The van der Waals surface area contributed by atoms with Crippen molar-refractivity contribution in [2.45, 2.75) is 25.6 Å². The molecule has 1 heterocycles. The first-order valence-corrected chi connectivity index (χ1v) is 5.78. The molecule has 0 radical (unpaired) electrons. The number of benzene rings is 1. The summed E-state index contributed by atoms with van der Waals surface area (Å²) in [5.74, 6) is 0. The summed E-state index contributed by atoms with van der Waals surface area (Å²) >= 11 is 0. The summed E-state index contributed by atoms with van der Waals surface area (Å²) in [5, 5.41) is 0. The highest BCUT2D eigenvalue weighted by atomic mass is 16.5. The van der Waals surface area contributed by atoms with Crippen molar-refractivity contribution in [1.82, 2.24) is 0 Å². The largest absolute Gasteiger partial charge is 0.367 e.